The molecule has 1 aromatic carbocycles. The fraction of sp³-hybridized carbons (Fsp3) is 0.0952. The van der Waals surface area contributed by atoms with Crippen molar-refractivity contribution in [1.82, 2.24) is 9.66 Å². The van der Waals surface area contributed by atoms with Crippen LogP contribution in [0.3, 0.4) is 0 Å². The van der Waals surface area contributed by atoms with Gasteiger partial charge in [-0.1, -0.05) is 29.8 Å². The van der Waals surface area contributed by atoms with Gasteiger partial charge in [0.05, 0.1) is 27.7 Å². The molecule has 4 nitrogen and oxygen atoms in total. The van der Waals surface area contributed by atoms with Gasteiger partial charge in [0.25, 0.3) is 0 Å². The predicted molar refractivity (Wildman–Crippen MR) is 119 cm³/mol. The summed E-state index contributed by atoms with van der Waals surface area (Å²) >= 11 is 9.50. The molecule has 7 heteroatoms. The first kappa shape index (κ1) is 18.8. The molecule has 0 unspecified atom stereocenters. The molecule has 0 bridgehead atoms. The maximum Gasteiger partial charge on any atom is 0.211 e. The molecule has 0 amide bonds. The third-order valence-corrected chi connectivity index (χ3v) is 6.32. The lowest BCUT2D eigenvalue weighted by Gasteiger charge is -2.05. The summed E-state index contributed by atoms with van der Waals surface area (Å²) in [5.74, 6) is 0. The van der Waals surface area contributed by atoms with Gasteiger partial charge < -0.3 is 0 Å². The van der Waals surface area contributed by atoms with Crippen molar-refractivity contribution in [2.45, 2.75) is 13.8 Å². The van der Waals surface area contributed by atoms with E-state index in [-0.39, 0.29) is 0 Å². The van der Waals surface area contributed by atoms with E-state index in [2.05, 4.69) is 21.8 Å². The highest BCUT2D eigenvalue weighted by Crippen LogP contribution is 2.27. The number of nitrogens with zero attached hydrogens (tertiary/aromatic N) is 4. The summed E-state index contributed by atoms with van der Waals surface area (Å²) in [6.45, 7) is 3.93. The fourth-order valence-electron chi connectivity index (χ4n) is 2.67. The number of halogens is 1. The molecule has 0 spiro atoms. The van der Waals surface area contributed by atoms with Crippen molar-refractivity contribution in [3.8, 4) is 10.6 Å². The summed E-state index contributed by atoms with van der Waals surface area (Å²) in [6.07, 6.45) is 1.77. The highest BCUT2D eigenvalue weighted by atomic mass is 35.5. The van der Waals surface area contributed by atoms with Gasteiger partial charge in [-0.2, -0.15) is 5.10 Å². The first-order chi connectivity index (χ1) is 13.6. The zero-order valence-electron chi connectivity index (χ0n) is 15.3. The second-order valence-corrected chi connectivity index (χ2v) is 8.28. The summed E-state index contributed by atoms with van der Waals surface area (Å²) in [7, 11) is 0. The normalized spacial score (nSPS) is 12.5. The molecular weight excluding hydrogens is 408 g/mol. The van der Waals surface area contributed by atoms with E-state index in [0.29, 0.717) is 5.02 Å². The quantitative estimate of drug-likeness (QED) is 0.363. The number of benzene rings is 1. The van der Waals surface area contributed by atoms with E-state index in [1.54, 1.807) is 28.9 Å². The first-order valence-electron chi connectivity index (χ1n) is 8.65. The van der Waals surface area contributed by atoms with Crippen molar-refractivity contribution >= 4 is 45.7 Å². The second kappa shape index (κ2) is 8.22. The van der Waals surface area contributed by atoms with E-state index >= 15 is 0 Å². The van der Waals surface area contributed by atoms with Crippen molar-refractivity contribution in [3.05, 3.63) is 86.6 Å². The zero-order chi connectivity index (χ0) is 19.5. The van der Waals surface area contributed by atoms with Gasteiger partial charge in [-0.05, 0) is 55.1 Å². The van der Waals surface area contributed by atoms with E-state index in [1.165, 1.54) is 0 Å². The third kappa shape index (κ3) is 3.85. The van der Waals surface area contributed by atoms with Crippen molar-refractivity contribution in [2.24, 2.45) is 10.1 Å². The molecule has 0 fully saturated rings. The van der Waals surface area contributed by atoms with Gasteiger partial charge in [0.1, 0.15) is 0 Å². The molecule has 0 N–H and O–H groups in total. The largest absolute Gasteiger partial charge is 0.255 e. The zero-order valence-corrected chi connectivity index (χ0v) is 17.7. The minimum absolute atomic E-state index is 0.705. The van der Waals surface area contributed by atoms with Crippen LogP contribution in [-0.4, -0.2) is 15.4 Å². The van der Waals surface area contributed by atoms with Crippen LogP contribution >= 0.6 is 34.3 Å². The van der Waals surface area contributed by atoms with Gasteiger partial charge in [-0.15, -0.1) is 22.7 Å². The monoisotopic (exact) mass is 424 g/mol. The average molecular weight is 425 g/mol. The molecule has 4 aromatic rings. The van der Waals surface area contributed by atoms with Crippen LogP contribution in [0.5, 0.6) is 0 Å². The van der Waals surface area contributed by atoms with E-state index < -0.39 is 0 Å². The van der Waals surface area contributed by atoms with Crippen LogP contribution < -0.4 is 4.80 Å². The lowest BCUT2D eigenvalue weighted by Crippen LogP contribution is -2.14. The lowest BCUT2D eigenvalue weighted by atomic mass is 10.2. The van der Waals surface area contributed by atoms with E-state index in [4.69, 9.17) is 21.7 Å². The lowest BCUT2D eigenvalue weighted by molar-refractivity contribution is 0.848. The number of hydrogen-bond acceptors (Lipinski definition) is 5. The van der Waals surface area contributed by atoms with Crippen LogP contribution in [-0.2, 0) is 0 Å². The third-order valence-electron chi connectivity index (χ3n) is 4.20. The molecule has 0 saturated carbocycles. The van der Waals surface area contributed by atoms with Crippen molar-refractivity contribution in [3.63, 3.8) is 0 Å². The molecule has 0 radical (unpaired) electrons. The number of hydrogen-bond donors (Lipinski definition) is 0. The second-order valence-electron chi connectivity index (χ2n) is 6.09. The molecule has 3 aromatic heterocycles. The molecule has 0 aliphatic heterocycles. The number of aromatic nitrogens is 2. The van der Waals surface area contributed by atoms with Crippen LogP contribution in [0.4, 0.5) is 5.69 Å². The smallest absolute Gasteiger partial charge is 0.211 e. The summed E-state index contributed by atoms with van der Waals surface area (Å²) < 4.78 is 1.89. The Hall–Kier alpha value is -2.54. The Bertz CT molecular complexity index is 1190. The van der Waals surface area contributed by atoms with Gasteiger partial charge in [-0.3, -0.25) is 4.98 Å². The highest BCUT2D eigenvalue weighted by Gasteiger charge is 2.11. The van der Waals surface area contributed by atoms with Crippen LogP contribution in [0, 0.1) is 6.92 Å². The molecule has 4 rings (SSSR count). The Labute approximate surface area is 176 Å². The summed E-state index contributed by atoms with van der Waals surface area (Å²) in [6, 6.07) is 15.7. The minimum Gasteiger partial charge on any atom is -0.255 e. The Morgan fingerprint density at radius 1 is 1.07 bits per heavy atom. The minimum atomic E-state index is 0.705. The van der Waals surface area contributed by atoms with E-state index in [0.717, 1.165) is 38.0 Å². The molecule has 0 aliphatic carbocycles. The van der Waals surface area contributed by atoms with Gasteiger partial charge in [-0.25, -0.2) is 9.67 Å². The molecule has 3 heterocycles. The average Bonchev–Trinajstić information content (AvgIpc) is 3.36. The van der Waals surface area contributed by atoms with Crippen molar-refractivity contribution in [2.75, 3.05) is 0 Å². The van der Waals surface area contributed by atoms with Crippen LogP contribution in [0.15, 0.2) is 75.6 Å². The molecule has 0 aliphatic rings. The summed E-state index contributed by atoms with van der Waals surface area (Å²) in [5, 5.41) is 9.70. The van der Waals surface area contributed by atoms with E-state index in [9.17, 15) is 0 Å². The van der Waals surface area contributed by atoms with Gasteiger partial charge in [0.2, 0.25) is 4.80 Å². The topological polar surface area (TPSA) is 42.5 Å². The summed E-state index contributed by atoms with van der Waals surface area (Å²) in [4.78, 5) is 11.2. The van der Waals surface area contributed by atoms with Crippen molar-refractivity contribution in [1.29, 1.82) is 0 Å². The van der Waals surface area contributed by atoms with Gasteiger partial charge >= 0.3 is 0 Å². The fourth-order valence-corrected chi connectivity index (χ4v) is 4.47. The Balaban J connectivity index is 1.91. The van der Waals surface area contributed by atoms with Crippen LogP contribution in [0.2, 0.25) is 5.02 Å². The van der Waals surface area contributed by atoms with Crippen LogP contribution in [0.25, 0.3) is 10.6 Å². The molecule has 28 heavy (non-hydrogen) atoms. The van der Waals surface area contributed by atoms with Crippen molar-refractivity contribution < 1.29 is 0 Å². The number of pyridine rings is 1. The molecule has 140 valence electrons. The Kier molecular flexibility index (Phi) is 5.52. The molecular formula is C21H17ClN4S2. The van der Waals surface area contributed by atoms with E-state index in [1.807, 2.05) is 61.0 Å². The van der Waals surface area contributed by atoms with Crippen LogP contribution in [0.1, 0.15) is 18.2 Å². The number of thiazole rings is 1. The first-order valence-corrected chi connectivity index (χ1v) is 10.8. The Morgan fingerprint density at radius 3 is 2.71 bits per heavy atom. The Morgan fingerprint density at radius 2 is 1.96 bits per heavy atom. The standard InChI is InChI=1S/C21H17ClN4S2/c1-14-16(22)7-5-9-17(14)24-21-26(19(13-28-21)20-10-6-12-27-20)25-15(2)18-8-3-4-11-23-18/h3-13H,1-2H3. The molecule has 0 atom stereocenters. The predicted octanol–water partition coefficient (Wildman–Crippen LogP) is 6.14. The van der Waals surface area contributed by atoms with Gasteiger partial charge in [0, 0.05) is 16.6 Å². The molecule has 0 saturated heterocycles. The SMILES string of the molecule is CC(=Nn1c(-c2cccs2)csc1=Nc1cccc(Cl)c1C)c1ccccn1. The van der Waals surface area contributed by atoms with Gasteiger partial charge in [0.15, 0.2) is 0 Å². The highest BCUT2D eigenvalue weighted by molar-refractivity contribution is 7.14. The number of rotatable bonds is 4. The maximum absolute atomic E-state index is 6.27. The maximum atomic E-state index is 6.27. The summed E-state index contributed by atoms with van der Waals surface area (Å²) in [5.41, 5.74) is 4.46. The number of thiophene rings is 1.